The van der Waals surface area contributed by atoms with Crippen molar-refractivity contribution < 1.29 is 14.7 Å². The highest BCUT2D eigenvalue weighted by molar-refractivity contribution is 5.92. The molecule has 0 saturated heterocycles. The number of carboxylic acids is 1. The summed E-state index contributed by atoms with van der Waals surface area (Å²) in [5.74, 6) is -0.930. The van der Waals surface area contributed by atoms with E-state index in [9.17, 15) is 9.59 Å². The maximum Gasteiger partial charge on any atom is 0.303 e. The van der Waals surface area contributed by atoms with Crippen molar-refractivity contribution in [2.75, 3.05) is 6.54 Å². The number of amides is 1. The van der Waals surface area contributed by atoms with Crippen LogP contribution in [0, 0.1) is 5.92 Å². The third-order valence-corrected chi connectivity index (χ3v) is 2.87. The highest BCUT2D eigenvalue weighted by Gasteiger charge is 2.15. The van der Waals surface area contributed by atoms with E-state index in [0.29, 0.717) is 18.2 Å². The Bertz CT molecular complexity index is 466. The van der Waals surface area contributed by atoms with E-state index in [4.69, 9.17) is 5.11 Å². The monoisotopic (exact) mass is 267 g/mol. The number of rotatable bonds is 6. The molecule has 0 saturated carbocycles. The third-order valence-electron chi connectivity index (χ3n) is 2.87. The van der Waals surface area contributed by atoms with Crippen molar-refractivity contribution in [2.24, 2.45) is 13.0 Å². The summed E-state index contributed by atoms with van der Waals surface area (Å²) in [6.45, 7) is 6.19. The van der Waals surface area contributed by atoms with Gasteiger partial charge in [-0.1, -0.05) is 20.8 Å². The minimum absolute atomic E-state index is 0.0414. The van der Waals surface area contributed by atoms with Crippen LogP contribution in [0.2, 0.25) is 0 Å². The summed E-state index contributed by atoms with van der Waals surface area (Å²) >= 11 is 0. The number of aliphatic carboxylic acids is 1. The molecule has 0 radical (unpaired) electrons. The Hall–Kier alpha value is -1.85. The number of carbonyl (C=O) groups excluding carboxylic acids is 1. The first-order valence-corrected chi connectivity index (χ1v) is 6.35. The van der Waals surface area contributed by atoms with Crippen LogP contribution in [-0.4, -0.2) is 33.3 Å². The van der Waals surface area contributed by atoms with Crippen LogP contribution in [-0.2, 0) is 11.8 Å². The fourth-order valence-corrected chi connectivity index (χ4v) is 1.86. The Morgan fingerprint density at radius 2 is 2.05 bits per heavy atom. The van der Waals surface area contributed by atoms with E-state index in [2.05, 4.69) is 10.4 Å². The Morgan fingerprint density at radius 3 is 2.53 bits per heavy atom. The van der Waals surface area contributed by atoms with Gasteiger partial charge in [-0.2, -0.15) is 5.10 Å². The quantitative estimate of drug-likeness (QED) is 0.815. The SMILES string of the molecule is CC(CNC(=O)c1cc(C(C)C)n(C)n1)CC(=O)O. The molecule has 1 amide bonds. The first kappa shape index (κ1) is 15.2. The zero-order valence-corrected chi connectivity index (χ0v) is 11.8. The highest BCUT2D eigenvalue weighted by Crippen LogP contribution is 2.14. The molecular weight excluding hydrogens is 246 g/mol. The lowest BCUT2D eigenvalue weighted by Gasteiger charge is -2.08. The van der Waals surface area contributed by atoms with E-state index in [0.717, 1.165) is 5.69 Å². The molecule has 1 atom stereocenters. The van der Waals surface area contributed by atoms with Crippen LogP contribution < -0.4 is 5.32 Å². The van der Waals surface area contributed by atoms with Crippen LogP contribution in [0.15, 0.2) is 6.07 Å². The van der Waals surface area contributed by atoms with Gasteiger partial charge in [0.25, 0.3) is 5.91 Å². The number of hydrogen-bond donors (Lipinski definition) is 2. The van der Waals surface area contributed by atoms with Crippen molar-refractivity contribution in [2.45, 2.75) is 33.1 Å². The summed E-state index contributed by atoms with van der Waals surface area (Å²) in [5.41, 5.74) is 1.36. The fraction of sp³-hybridized carbons (Fsp3) is 0.615. The van der Waals surface area contributed by atoms with Gasteiger partial charge in [-0.3, -0.25) is 14.3 Å². The van der Waals surface area contributed by atoms with Crippen molar-refractivity contribution in [1.82, 2.24) is 15.1 Å². The minimum Gasteiger partial charge on any atom is -0.481 e. The lowest BCUT2D eigenvalue weighted by atomic mass is 10.1. The summed E-state index contributed by atoms with van der Waals surface area (Å²) < 4.78 is 1.69. The first-order valence-electron chi connectivity index (χ1n) is 6.35. The molecule has 2 N–H and O–H groups in total. The molecule has 1 unspecified atom stereocenters. The molecule has 0 aliphatic heterocycles. The van der Waals surface area contributed by atoms with Crippen LogP contribution in [0.4, 0.5) is 0 Å². The van der Waals surface area contributed by atoms with Crippen molar-refractivity contribution in [3.63, 3.8) is 0 Å². The van der Waals surface area contributed by atoms with Gasteiger partial charge >= 0.3 is 5.97 Å². The van der Waals surface area contributed by atoms with Gasteiger partial charge in [0.2, 0.25) is 0 Å². The summed E-state index contributed by atoms with van der Waals surface area (Å²) in [6.07, 6.45) is 0.0414. The Labute approximate surface area is 112 Å². The van der Waals surface area contributed by atoms with Gasteiger partial charge in [-0.15, -0.1) is 0 Å². The number of carboxylic acid groups (broad SMARTS) is 1. The molecule has 0 aliphatic carbocycles. The largest absolute Gasteiger partial charge is 0.481 e. The van der Waals surface area contributed by atoms with E-state index in [1.54, 1.807) is 24.7 Å². The predicted octanol–water partition coefficient (Wildman–Crippen LogP) is 1.38. The maximum atomic E-state index is 11.9. The maximum absolute atomic E-state index is 11.9. The minimum atomic E-state index is -0.860. The third kappa shape index (κ3) is 4.39. The zero-order chi connectivity index (χ0) is 14.6. The lowest BCUT2D eigenvalue weighted by molar-refractivity contribution is -0.137. The molecule has 0 spiro atoms. The molecule has 0 bridgehead atoms. The van der Waals surface area contributed by atoms with Gasteiger partial charge in [-0.05, 0) is 17.9 Å². The molecule has 6 heteroatoms. The van der Waals surface area contributed by atoms with Crippen molar-refractivity contribution in [3.8, 4) is 0 Å². The standard InChI is InChI=1S/C13H21N3O3/c1-8(2)11-6-10(15-16(11)4)13(19)14-7-9(3)5-12(17)18/h6,8-9H,5,7H2,1-4H3,(H,14,19)(H,17,18). The smallest absolute Gasteiger partial charge is 0.303 e. The van der Waals surface area contributed by atoms with Crippen molar-refractivity contribution in [3.05, 3.63) is 17.5 Å². The molecule has 106 valence electrons. The van der Waals surface area contributed by atoms with Crippen LogP contribution in [0.5, 0.6) is 0 Å². The second-order valence-electron chi connectivity index (χ2n) is 5.15. The number of aromatic nitrogens is 2. The van der Waals surface area contributed by atoms with E-state index in [1.165, 1.54) is 0 Å². The molecule has 0 aliphatic rings. The molecular formula is C13H21N3O3. The molecule has 19 heavy (non-hydrogen) atoms. The Balaban J connectivity index is 2.59. The van der Waals surface area contributed by atoms with Gasteiger partial charge in [0, 0.05) is 25.7 Å². The summed E-state index contributed by atoms with van der Waals surface area (Å²) in [6, 6.07) is 1.77. The predicted molar refractivity (Wildman–Crippen MR) is 71.0 cm³/mol. The molecule has 1 aromatic rings. The van der Waals surface area contributed by atoms with Gasteiger partial charge in [0.05, 0.1) is 0 Å². The second-order valence-corrected chi connectivity index (χ2v) is 5.15. The number of hydrogen-bond acceptors (Lipinski definition) is 3. The summed E-state index contributed by atoms with van der Waals surface area (Å²) in [7, 11) is 1.80. The average Bonchev–Trinajstić information content (AvgIpc) is 2.67. The molecule has 0 aromatic carbocycles. The van der Waals surface area contributed by atoms with Crippen LogP contribution in [0.25, 0.3) is 0 Å². The second kappa shape index (κ2) is 6.36. The highest BCUT2D eigenvalue weighted by atomic mass is 16.4. The molecule has 0 fully saturated rings. The van der Waals surface area contributed by atoms with Gasteiger partial charge in [0.15, 0.2) is 0 Å². The number of nitrogens with zero attached hydrogens (tertiary/aromatic N) is 2. The van der Waals surface area contributed by atoms with E-state index < -0.39 is 5.97 Å². The number of aryl methyl sites for hydroxylation is 1. The average molecular weight is 267 g/mol. The normalized spacial score (nSPS) is 12.5. The lowest BCUT2D eigenvalue weighted by Crippen LogP contribution is -2.29. The molecule has 1 rings (SSSR count). The van der Waals surface area contributed by atoms with Crippen LogP contribution >= 0.6 is 0 Å². The molecule has 6 nitrogen and oxygen atoms in total. The topological polar surface area (TPSA) is 84.2 Å². The number of carbonyl (C=O) groups is 2. The van der Waals surface area contributed by atoms with E-state index >= 15 is 0 Å². The van der Waals surface area contributed by atoms with Gasteiger partial charge < -0.3 is 10.4 Å². The summed E-state index contributed by atoms with van der Waals surface area (Å²) in [5, 5.41) is 15.5. The Kier molecular flexibility index (Phi) is 5.09. The summed E-state index contributed by atoms with van der Waals surface area (Å²) in [4.78, 5) is 22.4. The van der Waals surface area contributed by atoms with Crippen molar-refractivity contribution >= 4 is 11.9 Å². The number of nitrogens with one attached hydrogen (secondary N) is 1. The fourth-order valence-electron chi connectivity index (χ4n) is 1.86. The zero-order valence-electron chi connectivity index (χ0n) is 11.8. The first-order chi connectivity index (χ1) is 8.81. The molecule has 1 heterocycles. The van der Waals surface area contributed by atoms with E-state index in [1.807, 2.05) is 13.8 Å². The van der Waals surface area contributed by atoms with Gasteiger partial charge in [0.1, 0.15) is 5.69 Å². The van der Waals surface area contributed by atoms with Crippen molar-refractivity contribution in [1.29, 1.82) is 0 Å². The van der Waals surface area contributed by atoms with E-state index in [-0.39, 0.29) is 18.2 Å². The van der Waals surface area contributed by atoms with Crippen LogP contribution in [0.1, 0.15) is 49.3 Å². The van der Waals surface area contributed by atoms with Gasteiger partial charge in [-0.25, -0.2) is 0 Å². The Morgan fingerprint density at radius 1 is 1.42 bits per heavy atom. The molecule has 1 aromatic heterocycles. The van der Waals surface area contributed by atoms with Crippen LogP contribution in [0.3, 0.4) is 0 Å².